The zero-order chi connectivity index (χ0) is 10.9. The molecular formula is C13H28N2. The molecule has 1 fully saturated rings. The monoisotopic (exact) mass is 212 g/mol. The quantitative estimate of drug-likeness (QED) is 0.331. The predicted octanol–water partition coefficient (Wildman–Crippen LogP) is 3.37. The summed E-state index contributed by atoms with van der Waals surface area (Å²) in [7, 11) is 0. The van der Waals surface area contributed by atoms with Gasteiger partial charge in [-0.2, -0.15) is 0 Å². The van der Waals surface area contributed by atoms with E-state index in [1.54, 1.807) is 0 Å². The van der Waals surface area contributed by atoms with Crippen LogP contribution >= 0.6 is 0 Å². The fourth-order valence-electron chi connectivity index (χ4n) is 2.20. The van der Waals surface area contributed by atoms with Crippen LogP contribution < -0.4 is 11.3 Å². The van der Waals surface area contributed by atoms with E-state index < -0.39 is 0 Å². The van der Waals surface area contributed by atoms with E-state index in [0.717, 1.165) is 5.92 Å². The van der Waals surface area contributed by atoms with Gasteiger partial charge in [-0.05, 0) is 18.8 Å². The number of hydrazine groups is 1. The van der Waals surface area contributed by atoms with Crippen LogP contribution in [-0.2, 0) is 0 Å². The zero-order valence-corrected chi connectivity index (χ0v) is 10.3. The molecule has 0 radical (unpaired) electrons. The van der Waals surface area contributed by atoms with Crippen molar-refractivity contribution in [3.63, 3.8) is 0 Å². The molecule has 0 saturated heterocycles. The molecule has 1 unspecified atom stereocenters. The maximum atomic E-state index is 5.56. The van der Waals surface area contributed by atoms with Gasteiger partial charge in [0.05, 0.1) is 0 Å². The molecule has 0 spiro atoms. The van der Waals surface area contributed by atoms with Crippen molar-refractivity contribution < 1.29 is 0 Å². The van der Waals surface area contributed by atoms with Crippen molar-refractivity contribution in [3.05, 3.63) is 0 Å². The summed E-state index contributed by atoms with van der Waals surface area (Å²) in [6.07, 6.45) is 13.8. The number of hydrogen-bond donors (Lipinski definition) is 2. The van der Waals surface area contributed by atoms with Gasteiger partial charge in [0.25, 0.3) is 0 Å². The van der Waals surface area contributed by atoms with E-state index in [2.05, 4.69) is 12.3 Å². The maximum absolute atomic E-state index is 5.56. The minimum Gasteiger partial charge on any atom is -0.271 e. The molecule has 90 valence electrons. The average molecular weight is 212 g/mol. The lowest BCUT2D eigenvalue weighted by Crippen LogP contribution is -2.35. The van der Waals surface area contributed by atoms with E-state index in [1.807, 2.05) is 0 Å². The van der Waals surface area contributed by atoms with E-state index >= 15 is 0 Å². The van der Waals surface area contributed by atoms with Crippen LogP contribution in [0.3, 0.4) is 0 Å². The molecule has 1 aliphatic rings. The van der Waals surface area contributed by atoms with Crippen molar-refractivity contribution >= 4 is 0 Å². The molecule has 1 rings (SSSR count). The summed E-state index contributed by atoms with van der Waals surface area (Å²) in [5.41, 5.74) is 2.98. The molecule has 0 heterocycles. The second kappa shape index (κ2) is 8.12. The zero-order valence-electron chi connectivity index (χ0n) is 10.3. The number of nitrogens with one attached hydrogen (secondary N) is 1. The Morgan fingerprint density at radius 3 is 2.40 bits per heavy atom. The Labute approximate surface area is 95.0 Å². The van der Waals surface area contributed by atoms with Crippen molar-refractivity contribution in [1.29, 1.82) is 0 Å². The van der Waals surface area contributed by atoms with Gasteiger partial charge in [0.2, 0.25) is 0 Å². The van der Waals surface area contributed by atoms with Crippen LogP contribution in [0.1, 0.15) is 71.1 Å². The molecule has 0 bridgehead atoms. The van der Waals surface area contributed by atoms with Crippen LogP contribution in [0, 0.1) is 5.92 Å². The largest absolute Gasteiger partial charge is 0.271 e. The van der Waals surface area contributed by atoms with Crippen LogP contribution in [0.2, 0.25) is 0 Å². The normalized spacial score (nSPS) is 18.0. The maximum Gasteiger partial charge on any atom is 0.0213 e. The topological polar surface area (TPSA) is 38.0 Å². The smallest absolute Gasteiger partial charge is 0.0213 e. The first-order valence-corrected chi connectivity index (χ1v) is 6.83. The fraction of sp³-hybridized carbons (Fsp3) is 1.00. The van der Waals surface area contributed by atoms with Crippen LogP contribution in [0.25, 0.3) is 0 Å². The van der Waals surface area contributed by atoms with E-state index in [-0.39, 0.29) is 0 Å². The Kier molecular flexibility index (Phi) is 7.03. The van der Waals surface area contributed by atoms with Crippen molar-refractivity contribution in [2.45, 2.75) is 77.2 Å². The highest BCUT2D eigenvalue weighted by Crippen LogP contribution is 2.34. The molecule has 15 heavy (non-hydrogen) atoms. The molecule has 0 aromatic heterocycles. The van der Waals surface area contributed by atoms with E-state index in [0.29, 0.717) is 6.04 Å². The first-order chi connectivity index (χ1) is 7.36. The Bertz CT molecular complexity index is 143. The Balaban J connectivity index is 1.87. The Hall–Kier alpha value is -0.0800. The van der Waals surface area contributed by atoms with Gasteiger partial charge in [-0.25, -0.2) is 0 Å². The molecule has 1 aliphatic carbocycles. The van der Waals surface area contributed by atoms with Gasteiger partial charge in [-0.1, -0.05) is 58.3 Å². The van der Waals surface area contributed by atoms with E-state index in [4.69, 9.17) is 5.84 Å². The molecular weight excluding hydrogens is 184 g/mol. The van der Waals surface area contributed by atoms with Crippen molar-refractivity contribution in [1.82, 2.24) is 5.43 Å². The second-order valence-corrected chi connectivity index (χ2v) is 5.10. The standard InChI is InChI=1S/C13H28N2/c1-2-3-4-5-6-7-8-13(15-14)11-12-9-10-12/h12-13,15H,2-11,14H2,1H3. The molecule has 1 atom stereocenters. The third kappa shape index (κ3) is 6.91. The Morgan fingerprint density at radius 1 is 1.13 bits per heavy atom. The highest BCUT2D eigenvalue weighted by Gasteiger charge is 2.24. The Morgan fingerprint density at radius 2 is 1.80 bits per heavy atom. The average Bonchev–Trinajstić information content (AvgIpc) is 3.05. The number of nitrogens with two attached hydrogens (primary N) is 1. The van der Waals surface area contributed by atoms with Gasteiger partial charge >= 0.3 is 0 Å². The van der Waals surface area contributed by atoms with Gasteiger partial charge in [0, 0.05) is 6.04 Å². The van der Waals surface area contributed by atoms with Crippen molar-refractivity contribution in [2.24, 2.45) is 11.8 Å². The van der Waals surface area contributed by atoms with Gasteiger partial charge in [0.1, 0.15) is 0 Å². The van der Waals surface area contributed by atoms with Gasteiger partial charge in [-0.15, -0.1) is 0 Å². The summed E-state index contributed by atoms with van der Waals surface area (Å²) in [5, 5.41) is 0. The van der Waals surface area contributed by atoms with Gasteiger partial charge < -0.3 is 0 Å². The van der Waals surface area contributed by atoms with Crippen molar-refractivity contribution in [3.8, 4) is 0 Å². The summed E-state index contributed by atoms with van der Waals surface area (Å²) >= 11 is 0. The highest BCUT2D eigenvalue weighted by atomic mass is 15.2. The molecule has 0 aromatic carbocycles. The minimum atomic E-state index is 0.587. The summed E-state index contributed by atoms with van der Waals surface area (Å²) in [5.74, 6) is 6.55. The second-order valence-electron chi connectivity index (χ2n) is 5.10. The third-order valence-corrected chi connectivity index (χ3v) is 3.46. The minimum absolute atomic E-state index is 0.587. The summed E-state index contributed by atoms with van der Waals surface area (Å²) in [4.78, 5) is 0. The van der Waals surface area contributed by atoms with E-state index in [9.17, 15) is 0 Å². The molecule has 1 saturated carbocycles. The van der Waals surface area contributed by atoms with Crippen LogP contribution in [0.15, 0.2) is 0 Å². The number of hydrogen-bond acceptors (Lipinski definition) is 2. The van der Waals surface area contributed by atoms with Gasteiger partial charge in [0.15, 0.2) is 0 Å². The predicted molar refractivity (Wildman–Crippen MR) is 66.4 cm³/mol. The fourth-order valence-corrected chi connectivity index (χ4v) is 2.20. The lowest BCUT2D eigenvalue weighted by atomic mass is 10.0. The molecule has 0 aromatic rings. The van der Waals surface area contributed by atoms with Crippen LogP contribution in [-0.4, -0.2) is 6.04 Å². The molecule has 0 amide bonds. The number of unbranched alkanes of at least 4 members (excludes halogenated alkanes) is 5. The van der Waals surface area contributed by atoms with E-state index in [1.165, 1.54) is 64.2 Å². The summed E-state index contributed by atoms with van der Waals surface area (Å²) < 4.78 is 0. The lowest BCUT2D eigenvalue weighted by molar-refractivity contribution is 0.420. The SMILES string of the molecule is CCCCCCCCC(CC1CC1)NN. The first kappa shape index (κ1) is 13.0. The summed E-state index contributed by atoms with van der Waals surface area (Å²) in [6.45, 7) is 2.27. The molecule has 3 N–H and O–H groups in total. The molecule has 2 nitrogen and oxygen atoms in total. The number of rotatable bonds is 10. The summed E-state index contributed by atoms with van der Waals surface area (Å²) in [6, 6.07) is 0.587. The van der Waals surface area contributed by atoms with Crippen molar-refractivity contribution in [2.75, 3.05) is 0 Å². The molecule has 0 aliphatic heterocycles. The van der Waals surface area contributed by atoms with Gasteiger partial charge in [-0.3, -0.25) is 11.3 Å². The third-order valence-electron chi connectivity index (χ3n) is 3.46. The molecule has 2 heteroatoms. The van der Waals surface area contributed by atoms with Crippen LogP contribution in [0.5, 0.6) is 0 Å². The first-order valence-electron chi connectivity index (χ1n) is 6.83. The lowest BCUT2D eigenvalue weighted by Gasteiger charge is -2.14. The highest BCUT2D eigenvalue weighted by molar-refractivity contribution is 4.79. The van der Waals surface area contributed by atoms with Crippen LogP contribution in [0.4, 0.5) is 0 Å².